The summed E-state index contributed by atoms with van der Waals surface area (Å²) in [6, 6.07) is 12.7. The van der Waals surface area contributed by atoms with Crippen molar-refractivity contribution in [3.8, 4) is 0 Å². The number of hydrogen-bond donors (Lipinski definition) is 1. The van der Waals surface area contributed by atoms with Gasteiger partial charge in [0.15, 0.2) is 0 Å². The number of carbonyl (C=O) groups excluding carboxylic acids is 2. The summed E-state index contributed by atoms with van der Waals surface area (Å²) >= 11 is 0. The van der Waals surface area contributed by atoms with Gasteiger partial charge in [0.2, 0.25) is 0 Å². The van der Waals surface area contributed by atoms with Crippen LogP contribution in [0.15, 0.2) is 54.6 Å². The highest BCUT2D eigenvalue weighted by atomic mass is 19.4. The lowest BCUT2D eigenvalue weighted by atomic mass is 10.0. The van der Waals surface area contributed by atoms with Gasteiger partial charge in [0, 0.05) is 5.56 Å². The van der Waals surface area contributed by atoms with Crippen molar-refractivity contribution in [2.24, 2.45) is 0 Å². The van der Waals surface area contributed by atoms with Gasteiger partial charge in [-0.1, -0.05) is 36.4 Å². The van der Waals surface area contributed by atoms with Crippen LogP contribution in [0.25, 0.3) is 0 Å². The molecule has 7 heteroatoms. The largest absolute Gasteiger partial charge is 0.467 e. The highest BCUT2D eigenvalue weighted by Crippen LogP contribution is 2.29. The minimum Gasteiger partial charge on any atom is -0.467 e. The summed E-state index contributed by atoms with van der Waals surface area (Å²) in [4.78, 5) is 24.2. The topological polar surface area (TPSA) is 55.4 Å². The Morgan fingerprint density at radius 2 is 1.78 bits per heavy atom. The number of alkyl halides is 3. The highest BCUT2D eigenvalue weighted by molar-refractivity contribution is 5.96. The van der Waals surface area contributed by atoms with E-state index in [-0.39, 0.29) is 5.56 Å². The predicted octanol–water partition coefficient (Wildman–Crippen LogP) is 4.00. The average Bonchev–Trinajstić information content (AvgIpc) is 2.66. The Kier molecular flexibility index (Phi) is 6.98. The van der Waals surface area contributed by atoms with Crippen LogP contribution in [0, 0.1) is 0 Å². The van der Waals surface area contributed by atoms with E-state index in [1.807, 2.05) is 30.3 Å². The van der Waals surface area contributed by atoms with Crippen molar-refractivity contribution in [3.05, 3.63) is 71.3 Å². The van der Waals surface area contributed by atoms with Gasteiger partial charge >= 0.3 is 12.1 Å². The summed E-state index contributed by atoms with van der Waals surface area (Å²) < 4.78 is 43.1. The van der Waals surface area contributed by atoms with E-state index in [2.05, 4.69) is 5.32 Å². The van der Waals surface area contributed by atoms with Gasteiger partial charge in [-0.15, -0.1) is 0 Å². The first kappa shape index (κ1) is 20.5. The fraction of sp³-hybridized carbons (Fsp3) is 0.300. The summed E-state index contributed by atoms with van der Waals surface area (Å²) in [5.41, 5.74) is 0.000883. The number of aryl methyl sites for hydroxylation is 1. The fourth-order valence-electron chi connectivity index (χ4n) is 2.62. The number of carbonyl (C=O) groups is 2. The Morgan fingerprint density at radius 1 is 1.07 bits per heavy atom. The molecular weight excluding hydrogens is 359 g/mol. The van der Waals surface area contributed by atoms with E-state index < -0.39 is 29.7 Å². The molecule has 0 fully saturated rings. The van der Waals surface area contributed by atoms with E-state index in [9.17, 15) is 22.8 Å². The van der Waals surface area contributed by atoms with Crippen LogP contribution in [0.2, 0.25) is 0 Å². The summed E-state index contributed by atoms with van der Waals surface area (Å²) in [7, 11) is 1.20. The van der Waals surface area contributed by atoms with Crippen LogP contribution in [0.1, 0.15) is 34.3 Å². The van der Waals surface area contributed by atoms with E-state index in [1.165, 1.54) is 13.2 Å². The number of esters is 1. The van der Waals surface area contributed by atoms with Crippen LogP contribution in [0.3, 0.4) is 0 Å². The molecule has 2 aromatic carbocycles. The van der Waals surface area contributed by atoms with Crippen molar-refractivity contribution in [1.29, 1.82) is 0 Å². The molecule has 0 saturated heterocycles. The Bertz CT molecular complexity index is 776. The second-order valence-electron chi connectivity index (χ2n) is 6.01. The number of nitrogens with one attached hydrogen (secondary N) is 1. The minimum absolute atomic E-state index is 0.165. The second-order valence-corrected chi connectivity index (χ2v) is 6.01. The molecule has 0 bridgehead atoms. The van der Waals surface area contributed by atoms with Crippen LogP contribution >= 0.6 is 0 Å². The Labute approximate surface area is 155 Å². The standard InChI is InChI=1S/C20H20F3NO3/c1-27-19(26)17(12-5-9-14-7-3-2-4-8-14)24-18(25)15-10-6-11-16(13-15)20(21,22)23/h2-4,6-8,10-11,13,17H,5,9,12H2,1H3,(H,24,25)/t17-/m0/s1. The molecule has 0 aliphatic carbocycles. The second kappa shape index (κ2) is 9.21. The van der Waals surface area contributed by atoms with Gasteiger partial charge in [-0.05, 0) is 43.0 Å². The van der Waals surface area contributed by atoms with E-state index >= 15 is 0 Å². The maximum Gasteiger partial charge on any atom is 0.416 e. The molecule has 1 atom stereocenters. The highest BCUT2D eigenvalue weighted by Gasteiger charge is 2.31. The molecular formula is C20H20F3NO3. The van der Waals surface area contributed by atoms with Gasteiger partial charge < -0.3 is 10.1 Å². The third-order valence-electron chi connectivity index (χ3n) is 4.04. The maximum atomic E-state index is 12.8. The monoisotopic (exact) mass is 379 g/mol. The molecule has 0 unspecified atom stereocenters. The van der Waals surface area contributed by atoms with Crippen LogP contribution < -0.4 is 5.32 Å². The number of ether oxygens (including phenoxy) is 1. The molecule has 4 nitrogen and oxygen atoms in total. The molecule has 0 aliphatic rings. The molecule has 2 aromatic rings. The van der Waals surface area contributed by atoms with Gasteiger partial charge in [-0.25, -0.2) is 4.79 Å². The normalized spacial score (nSPS) is 12.3. The average molecular weight is 379 g/mol. The molecule has 144 valence electrons. The van der Waals surface area contributed by atoms with E-state index in [0.717, 1.165) is 23.8 Å². The van der Waals surface area contributed by atoms with Crippen molar-refractivity contribution >= 4 is 11.9 Å². The lowest BCUT2D eigenvalue weighted by Gasteiger charge is -2.17. The Hall–Kier alpha value is -2.83. The molecule has 0 heterocycles. The van der Waals surface area contributed by atoms with E-state index in [4.69, 9.17) is 4.74 Å². The molecule has 0 aliphatic heterocycles. The summed E-state index contributed by atoms with van der Waals surface area (Å²) in [5.74, 6) is -1.39. The van der Waals surface area contributed by atoms with Gasteiger partial charge in [-0.3, -0.25) is 4.79 Å². The van der Waals surface area contributed by atoms with Gasteiger partial charge in [0.25, 0.3) is 5.91 Å². The molecule has 27 heavy (non-hydrogen) atoms. The Morgan fingerprint density at radius 3 is 2.41 bits per heavy atom. The van der Waals surface area contributed by atoms with Gasteiger partial charge in [0.1, 0.15) is 6.04 Å². The SMILES string of the molecule is COC(=O)[C@H](CCCc1ccccc1)NC(=O)c1cccc(C(F)(F)F)c1. The molecule has 2 rings (SSSR count). The lowest BCUT2D eigenvalue weighted by Crippen LogP contribution is -2.41. The minimum atomic E-state index is -4.55. The van der Waals surface area contributed by atoms with Crippen molar-refractivity contribution in [3.63, 3.8) is 0 Å². The maximum absolute atomic E-state index is 12.8. The number of rotatable bonds is 7. The molecule has 1 amide bonds. The lowest BCUT2D eigenvalue weighted by molar-refractivity contribution is -0.143. The molecule has 1 N–H and O–H groups in total. The first-order chi connectivity index (χ1) is 12.8. The number of amides is 1. The third kappa shape index (κ3) is 6.13. The van der Waals surface area contributed by atoms with E-state index in [0.29, 0.717) is 19.3 Å². The van der Waals surface area contributed by atoms with Gasteiger partial charge in [0.05, 0.1) is 12.7 Å². The van der Waals surface area contributed by atoms with Crippen molar-refractivity contribution in [2.75, 3.05) is 7.11 Å². The first-order valence-corrected chi connectivity index (χ1v) is 8.41. The Balaban J connectivity index is 2.02. The zero-order valence-corrected chi connectivity index (χ0v) is 14.8. The zero-order valence-electron chi connectivity index (χ0n) is 14.8. The van der Waals surface area contributed by atoms with Crippen LogP contribution in [0.5, 0.6) is 0 Å². The number of hydrogen-bond acceptors (Lipinski definition) is 3. The fourth-order valence-corrected chi connectivity index (χ4v) is 2.62. The van der Waals surface area contributed by atoms with Crippen LogP contribution in [0.4, 0.5) is 13.2 Å². The molecule has 0 saturated carbocycles. The smallest absolute Gasteiger partial charge is 0.416 e. The first-order valence-electron chi connectivity index (χ1n) is 8.41. The summed E-state index contributed by atoms with van der Waals surface area (Å²) in [6.07, 6.45) is -2.93. The van der Waals surface area contributed by atoms with Crippen molar-refractivity contribution < 1.29 is 27.5 Å². The summed E-state index contributed by atoms with van der Waals surface area (Å²) in [5, 5.41) is 2.47. The number of halogens is 3. The quantitative estimate of drug-likeness (QED) is 0.740. The predicted molar refractivity (Wildman–Crippen MR) is 94.1 cm³/mol. The van der Waals surface area contributed by atoms with Crippen LogP contribution in [-0.4, -0.2) is 25.0 Å². The van der Waals surface area contributed by atoms with Crippen LogP contribution in [-0.2, 0) is 22.1 Å². The molecule has 0 aromatic heterocycles. The van der Waals surface area contributed by atoms with Crippen molar-refractivity contribution in [2.45, 2.75) is 31.5 Å². The third-order valence-corrected chi connectivity index (χ3v) is 4.04. The van der Waals surface area contributed by atoms with Crippen molar-refractivity contribution in [1.82, 2.24) is 5.32 Å². The van der Waals surface area contributed by atoms with E-state index in [1.54, 1.807) is 0 Å². The summed E-state index contributed by atoms with van der Waals surface area (Å²) in [6.45, 7) is 0. The number of methoxy groups -OCH3 is 1. The molecule has 0 radical (unpaired) electrons. The number of benzene rings is 2. The van der Waals surface area contributed by atoms with Gasteiger partial charge in [-0.2, -0.15) is 13.2 Å². The zero-order chi connectivity index (χ0) is 19.9. The molecule has 0 spiro atoms.